The van der Waals surface area contributed by atoms with Crippen LogP contribution < -0.4 is 10.2 Å². The minimum absolute atomic E-state index is 0.392. The van der Waals surface area contributed by atoms with Crippen LogP contribution in [0.3, 0.4) is 0 Å². The van der Waals surface area contributed by atoms with Gasteiger partial charge in [0.05, 0.1) is 12.7 Å². The molecule has 33 heavy (non-hydrogen) atoms. The van der Waals surface area contributed by atoms with Gasteiger partial charge in [-0.05, 0) is 30.8 Å². The molecule has 0 bridgehead atoms. The summed E-state index contributed by atoms with van der Waals surface area (Å²) < 4.78 is 13.0. The van der Waals surface area contributed by atoms with Crippen LogP contribution in [0.25, 0.3) is 17.1 Å². The summed E-state index contributed by atoms with van der Waals surface area (Å²) in [7, 11) is 3.51. The molecule has 0 aliphatic carbocycles. The maximum Gasteiger partial charge on any atom is 0.339 e. The van der Waals surface area contributed by atoms with E-state index < -0.39 is 5.97 Å². The molecule has 5 rings (SSSR count). The summed E-state index contributed by atoms with van der Waals surface area (Å²) in [5.74, 6) is 1.90. The van der Waals surface area contributed by atoms with E-state index in [-0.39, 0.29) is 0 Å². The first-order valence-corrected chi connectivity index (χ1v) is 11.0. The fourth-order valence-electron chi connectivity index (χ4n) is 4.06. The van der Waals surface area contributed by atoms with Crippen molar-refractivity contribution in [2.45, 2.75) is 6.54 Å². The minimum atomic E-state index is -0.392. The number of aromatic nitrogens is 2. The molecule has 0 unspecified atom stereocenters. The lowest BCUT2D eigenvalue weighted by molar-refractivity contribution is 0.0600. The number of carbonyl (C=O) groups is 1. The summed E-state index contributed by atoms with van der Waals surface area (Å²) in [6.45, 7) is 4.47. The SMILES string of the molecule is COC(=O)c1ccc2nc(-c3ccc(N4CCN(C)CC4)o3)c(NCc3ccccc3)n2c1. The predicted molar refractivity (Wildman–Crippen MR) is 128 cm³/mol. The first-order valence-electron chi connectivity index (χ1n) is 11.0. The molecule has 170 valence electrons. The highest BCUT2D eigenvalue weighted by molar-refractivity contribution is 5.90. The number of ether oxygens (including phenoxy) is 1. The Morgan fingerprint density at radius 1 is 1.06 bits per heavy atom. The average molecular weight is 446 g/mol. The number of methoxy groups -OCH3 is 1. The topological polar surface area (TPSA) is 75.2 Å². The van der Waals surface area contributed by atoms with Crippen LogP contribution in [0.1, 0.15) is 15.9 Å². The number of nitrogens with one attached hydrogen (secondary N) is 1. The first-order chi connectivity index (χ1) is 16.1. The second-order valence-electron chi connectivity index (χ2n) is 8.21. The van der Waals surface area contributed by atoms with Gasteiger partial charge in [0.25, 0.3) is 0 Å². The van der Waals surface area contributed by atoms with Crippen molar-refractivity contribution in [1.29, 1.82) is 0 Å². The Labute approximate surface area is 192 Å². The maximum absolute atomic E-state index is 12.1. The number of fused-ring (bicyclic) bond motifs is 1. The predicted octanol–water partition coefficient (Wildman–Crippen LogP) is 3.74. The zero-order valence-electron chi connectivity index (χ0n) is 18.8. The smallest absolute Gasteiger partial charge is 0.339 e. The van der Waals surface area contributed by atoms with Gasteiger partial charge in [-0.3, -0.25) is 4.40 Å². The number of hydrogen-bond acceptors (Lipinski definition) is 7. The van der Waals surface area contributed by atoms with Gasteiger partial charge in [-0.15, -0.1) is 0 Å². The van der Waals surface area contributed by atoms with Crippen LogP contribution in [0, 0.1) is 0 Å². The van der Waals surface area contributed by atoms with E-state index in [2.05, 4.69) is 34.3 Å². The molecule has 1 aliphatic heterocycles. The molecule has 0 spiro atoms. The van der Waals surface area contributed by atoms with Crippen molar-refractivity contribution in [3.63, 3.8) is 0 Å². The first kappa shape index (κ1) is 21.1. The lowest BCUT2D eigenvalue weighted by Gasteiger charge is -2.32. The van der Waals surface area contributed by atoms with E-state index in [1.807, 2.05) is 40.8 Å². The Kier molecular flexibility index (Phi) is 5.75. The number of rotatable bonds is 6. The summed E-state index contributed by atoms with van der Waals surface area (Å²) in [6.07, 6.45) is 1.75. The van der Waals surface area contributed by atoms with Gasteiger partial charge in [-0.1, -0.05) is 30.3 Å². The molecule has 8 nitrogen and oxygen atoms in total. The van der Waals surface area contributed by atoms with Crippen molar-refractivity contribution in [3.05, 3.63) is 71.9 Å². The Bertz CT molecular complexity index is 1260. The van der Waals surface area contributed by atoms with Gasteiger partial charge in [0.1, 0.15) is 17.2 Å². The number of esters is 1. The highest BCUT2D eigenvalue weighted by atomic mass is 16.5. The van der Waals surface area contributed by atoms with E-state index in [0.29, 0.717) is 29.2 Å². The van der Waals surface area contributed by atoms with E-state index in [0.717, 1.165) is 43.4 Å². The molecule has 1 aliphatic rings. The van der Waals surface area contributed by atoms with Gasteiger partial charge in [0, 0.05) is 45.0 Å². The van der Waals surface area contributed by atoms with Crippen LogP contribution in [0.15, 0.2) is 65.2 Å². The van der Waals surface area contributed by atoms with Crippen LogP contribution >= 0.6 is 0 Å². The summed E-state index contributed by atoms with van der Waals surface area (Å²) in [5.41, 5.74) is 3.01. The zero-order valence-corrected chi connectivity index (χ0v) is 18.8. The molecule has 1 aromatic carbocycles. The molecule has 0 amide bonds. The van der Waals surface area contributed by atoms with E-state index in [1.165, 1.54) is 7.11 Å². The van der Waals surface area contributed by atoms with Crippen molar-refractivity contribution in [3.8, 4) is 11.5 Å². The number of imidazole rings is 1. The fraction of sp³-hybridized carbons (Fsp3) is 0.280. The third-order valence-corrected chi connectivity index (χ3v) is 5.98. The molecule has 0 radical (unpaired) electrons. The Hall–Kier alpha value is -3.78. The number of anilines is 2. The van der Waals surface area contributed by atoms with E-state index in [4.69, 9.17) is 14.1 Å². The lowest BCUT2D eigenvalue weighted by Crippen LogP contribution is -2.44. The Morgan fingerprint density at radius 2 is 1.85 bits per heavy atom. The van der Waals surface area contributed by atoms with Gasteiger partial charge >= 0.3 is 5.97 Å². The summed E-state index contributed by atoms with van der Waals surface area (Å²) in [6, 6.07) is 17.6. The van der Waals surface area contributed by atoms with E-state index in [1.54, 1.807) is 12.3 Å². The molecular weight excluding hydrogens is 418 g/mol. The highest BCUT2D eigenvalue weighted by Gasteiger charge is 2.22. The number of benzene rings is 1. The number of hydrogen-bond donors (Lipinski definition) is 1. The fourth-order valence-corrected chi connectivity index (χ4v) is 4.06. The molecular formula is C25H27N5O3. The van der Waals surface area contributed by atoms with Crippen LogP contribution in [0.2, 0.25) is 0 Å². The lowest BCUT2D eigenvalue weighted by atomic mass is 10.2. The molecule has 0 atom stereocenters. The standard InChI is InChI=1S/C25H27N5O3/c1-28-12-14-29(15-13-28)22-11-9-20(33-22)23-24(26-16-18-6-4-3-5-7-18)30-17-19(25(31)32-2)8-10-21(30)27-23/h3-11,17,26H,12-16H2,1-2H3. The van der Waals surface area contributed by atoms with Crippen molar-refractivity contribution < 1.29 is 13.9 Å². The monoisotopic (exact) mass is 445 g/mol. The van der Waals surface area contributed by atoms with Crippen LogP contribution in [0.4, 0.5) is 11.7 Å². The van der Waals surface area contributed by atoms with E-state index in [9.17, 15) is 4.79 Å². The summed E-state index contributed by atoms with van der Waals surface area (Å²) in [5, 5.41) is 3.50. The van der Waals surface area contributed by atoms with Crippen molar-refractivity contribution >= 4 is 23.3 Å². The third-order valence-electron chi connectivity index (χ3n) is 5.98. The van der Waals surface area contributed by atoms with Crippen molar-refractivity contribution in [2.24, 2.45) is 0 Å². The molecule has 0 saturated carbocycles. The van der Waals surface area contributed by atoms with E-state index >= 15 is 0 Å². The largest absolute Gasteiger partial charge is 0.465 e. The van der Waals surface area contributed by atoms with Crippen molar-refractivity contribution in [1.82, 2.24) is 14.3 Å². The quantitative estimate of drug-likeness (QED) is 0.453. The molecule has 1 N–H and O–H groups in total. The van der Waals surface area contributed by atoms with Gasteiger partial charge in [0.2, 0.25) is 0 Å². The van der Waals surface area contributed by atoms with Crippen LogP contribution in [-0.2, 0) is 11.3 Å². The molecule has 8 heteroatoms. The minimum Gasteiger partial charge on any atom is -0.465 e. The third kappa shape index (κ3) is 4.29. The summed E-state index contributed by atoms with van der Waals surface area (Å²) >= 11 is 0. The number of nitrogens with zero attached hydrogens (tertiary/aromatic N) is 4. The van der Waals surface area contributed by atoms with Crippen molar-refractivity contribution in [2.75, 3.05) is 50.6 Å². The Morgan fingerprint density at radius 3 is 2.61 bits per heavy atom. The van der Waals surface area contributed by atoms with Gasteiger partial charge in [-0.25, -0.2) is 9.78 Å². The van der Waals surface area contributed by atoms with Gasteiger partial charge in [-0.2, -0.15) is 0 Å². The van der Waals surface area contributed by atoms with Crippen LogP contribution in [-0.4, -0.2) is 60.6 Å². The molecule has 4 heterocycles. The van der Waals surface area contributed by atoms with Gasteiger partial charge in [0.15, 0.2) is 11.6 Å². The zero-order chi connectivity index (χ0) is 22.8. The second-order valence-corrected chi connectivity index (χ2v) is 8.21. The number of likely N-dealkylation sites (N-methyl/N-ethyl adjacent to an activating group) is 1. The second kappa shape index (κ2) is 8.99. The number of piperazine rings is 1. The number of pyridine rings is 1. The normalized spacial score (nSPS) is 14.5. The molecule has 3 aromatic heterocycles. The van der Waals surface area contributed by atoms with Gasteiger partial charge < -0.3 is 24.3 Å². The number of furan rings is 1. The average Bonchev–Trinajstić information content (AvgIpc) is 3.48. The molecule has 1 saturated heterocycles. The molecule has 1 fully saturated rings. The molecule has 4 aromatic rings. The van der Waals surface area contributed by atoms with Crippen LogP contribution in [0.5, 0.6) is 0 Å². The highest BCUT2D eigenvalue weighted by Crippen LogP contribution is 2.33. The number of carbonyl (C=O) groups excluding carboxylic acids is 1. The summed E-state index contributed by atoms with van der Waals surface area (Å²) in [4.78, 5) is 21.5. The maximum atomic E-state index is 12.1. The Balaban J connectivity index is 1.52.